The van der Waals surface area contributed by atoms with E-state index in [1.165, 1.54) is 26.9 Å². The molecule has 0 aliphatic heterocycles. The van der Waals surface area contributed by atoms with Crippen molar-refractivity contribution in [1.29, 1.82) is 0 Å². The Morgan fingerprint density at radius 3 is 1.29 bits per heavy atom. The quantitative estimate of drug-likeness (QED) is 0.0998. The molecular formula is C51H62O2Si2. The van der Waals surface area contributed by atoms with Crippen LogP contribution in [0, 0.1) is 22.9 Å². The van der Waals surface area contributed by atoms with E-state index in [1.54, 1.807) is 0 Å². The van der Waals surface area contributed by atoms with Gasteiger partial charge in [-0.15, -0.1) is 11.1 Å². The van der Waals surface area contributed by atoms with E-state index in [0.717, 1.165) is 63.9 Å². The standard InChI is InChI=1S/C51H62O2Si2/c1-32(2)54(33(3)4,34(5)6)23-19-43-45-26-38-17-13-14-18-39(38)27-46(45)44(20-24-55(35(7)8,36(9)10)37(11)12)48-29-41-30-49-42(25-40(41)28-47(43)48)31-50(53-49)51(52)21-15-16-22-51/h13-14,17-18,25-37,52H,15-16,21-22H2,1-12H3. The third-order valence-electron chi connectivity index (χ3n) is 14.0. The average molecular weight is 763 g/mol. The minimum Gasteiger partial charge on any atom is -0.458 e. The molecule has 286 valence electrons. The first-order valence-electron chi connectivity index (χ1n) is 21.1. The predicted octanol–water partition coefficient (Wildman–Crippen LogP) is 14.9. The summed E-state index contributed by atoms with van der Waals surface area (Å²) >= 11 is 0. The van der Waals surface area contributed by atoms with Gasteiger partial charge in [-0.25, -0.2) is 0 Å². The summed E-state index contributed by atoms with van der Waals surface area (Å²) in [5.41, 5.74) is 13.6. The fourth-order valence-corrected chi connectivity index (χ4v) is 21.5. The number of benzene rings is 5. The second kappa shape index (κ2) is 14.6. The molecule has 0 bridgehead atoms. The summed E-state index contributed by atoms with van der Waals surface area (Å²) in [6.07, 6.45) is 3.56. The summed E-state index contributed by atoms with van der Waals surface area (Å²) in [4.78, 5) is 0. The topological polar surface area (TPSA) is 33.4 Å². The second-order valence-corrected chi connectivity index (χ2v) is 29.9. The summed E-state index contributed by atoms with van der Waals surface area (Å²) in [7, 11) is -4.12. The zero-order valence-electron chi connectivity index (χ0n) is 35.5. The van der Waals surface area contributed by atoms with Gasteiger partial charge in [0.25, 0.3) is 0 Å². The molecule has 1 aliphatic carbocycles. The first-order valence-corrected chi connectivity index (χ1v) is 25.6. The Hall–Kier alpha value is -3.81. The largest absolute Gasteiger partial charge is 0.458 e. The molecule has 4 heteroatoms. The van der Waals surface area contributed by atoms with Crippen LogP contribution in [0.15, 0.2) is 71.1 Å². The summed E-state index contributed by atoms with van der Waals surface area (Å²) in [6, 6.07) is 24.8. The van der Waals surface area contributed by atoms with Crippen molar-refractivity contribution in [2.75, 3.05) is 0 Å². The number of aliphatic hydroxyl groups is 1. The first-order chi connectivity index (χ1) is 26.0. The Bertz CT molecular complexity index is 2340. The van der Waals surface area contributed by atoms with Crippen molar-refractivity contribution < 1.29 is 9.52 Å². The second-order valence-electron chi connectivity index (χ2n) is 18.8. The van der Waals surface area contributed by atoms with Crippen LogP contribution in [0.2, 0.25) is 33.2 Å². The SMILES string of the molecule is CC(C)[Si](C#Cc1c2cc3ccccc3cc2c(C#C[Si](C(C)C)(C(C)C)C(C)C)c2cc3cc4oc(C5(O)CCCC5)cc4cc3cc12)(C(C)C)C(C)C. The van der Waals surface area contributed by atoms with Gasteiger partial charge in [0.15, 0.2) is 0 Å². The van der Waals surface area contributed by atoms with E-state index >= 15 is 0 Å². The van der Waals surface area contributed by atoms with Crippen molar-refractivity contribution >= 4 is 70.2 Å². The molecule has 0 atom stereocenters. The van der Waals surface area contributed by atoms with E-state index in [0.29, 0.717) is 39.0 Å². The predicted molar refractivity (Wildman–Crippen MR) is 244 cm³/mol. The average Bonchev–Trinajstić information content (AvgIpc) is 3.76. The van der Waals surface area contributed by atoms with Crippen molar-refractivity contribution in [3.63, 3.8) is 0 Å². The highest BCUT2D eigenvalue weighted by molar-refractivity contribution is 6.91. The number of furan rings is 1. The molecule has 0 radical (unpaired) electrons. The molecule has 0 amide bonds. The van der Waals surface area contributed by atoms with Crippen molar-refractivity contribution in [3.8, 4) is 22.9 Å². The lowest BCUT2D eigenvalue weighted by molar-refractivity contribution is 0.0235. The molecule has 1 aromatic heterocycles. The zero-order chi connectivity index (χ0) is 39.6. The smallest absolute Gasteiger partial charge is 0.146 e. The molecular weight excluding hydrogens is 701 g/mol. The van der Waals surface area contributed by atoms with Crippen molar-refractivity contribution in [3.05, 3.63) is 83.6 Å². The van der Waals surface area contributed by atoms with Crippen LogP contribution >= 0.6 is 0 Å². The summed E-state index contributed by atoms with van der Waals surface area (Å²) in [6.45, 7) is 28.8. The molecule has 6 aromatic rings. The van der Waals surface area contributed by atoms with Crippen LogP contribution in [-0.4, -0.2) is 21.3 Å². The van der Waals surface area contributed by atoms with Gasteiger partial charge in [0, 0.05) is 16.5 Å². The van der Waals surface area contributed by atoms with Crippen molar-refractivity contribution in [1.82, 2.24) is 0 Å². The highest BCUT2D eigenvalue weighted by Crippen LogP contribution is 2.45. The monoisotopic (exact) mass is 762 g/mol. The Morgan fingerprint density at radius 2 is 0.891 bits per heavy atom. The van der Waals surface area contributed by atoms with Crippen LogP contribution in [0.4, 0.5) is 0 Å². The van der Waals surface area contributed by atoms with Crippen LogP contribution in [0.1, 0.15) is 126 Å². The highest BCUT2D eigenvalue weighted by Gasteiger charge is 2.43. The molecule has 1 heterocycles. The minimum absolute atomic E-state index is 0.529. The Kier molecular flexibility index (Phi) is 10.5. The maximum Gasteiger partial charge on any atom is 0.146 e. The van der Waals surface area contributed by atoms with Crippen molar-refractivity contribution in [2.45, 2.75) is 148 Å². The van der Waals surface area contributed by atoms with E-state index in [4.69, 9.17) is 4.42 Å². The van der Waals surface area contributed by atoms with Gasteiger partial charge in [0.1, 0.15) is 33.1 Å². The van der Waals surface area contributed by atoms with E-state index < -0.39 is 21.7 Å². The lowest BCUT2D eigenvalue weighted by atomic mass is 9.89. The Morgan fingerprint density at radius 1 is 0.509 bits per heavy atom. The molecule has 55 heavy (non-hydrogen) atoms. The molecule has 7 rings (SSSR count). The molecule has 2 nitrogen and oxygen atoms in total. The normalized spacial score (nSPS) is 15.2. The molecule has 5 aromatic carbocycles. The van der Waals surface area contributed by atoms with Gasteiger partial charge in [0.2, 0.25) is 0 Å². The third-order valence-corrected chi connectivity index (χ3v) is 26.6. The van der Waals surface area contributed by atoms with Crippen LogP contribution in [0.3, 0.4) is 0 Å². The molecule has 1 N–H and O–H groups in total. The van der Waals surface area contributed by atoms with E-state index in [1.807, 2.05) is 0 Å². The van der Waals surface area contributed by atoms with Gasteiger partial charge in [0.05, 0.1) is 0 Å². The maximum atomic E-state index is 11.5. The van der Waals surface area contributed by atoms with Crippen LogP contribution < -0.4 is 0 Å². The molecule has 1 aliphatic rings. The van der Waals surface area contributed by atoms with Crippen LogP contribution in [0.5, 0.6) is 0 Å². The number of rotatable bonds is 7. The number of fused-ring (bicyclic) bond motifs is 5. The number of hydrogen-bond acceptors (Lipinski definition) is 2. The summed E-state index contributed by atoms with van der Waals surface area (Å²) in [5.74, 6) is 8.70. The molecule has 0 unspecified atom stereocenters. The number of hydrogen-bond donors (Lipinski definition) is 1. The van der Waals surface area contributed by atoms with Gasteiger partial charge in [-0.1, -0.05) is 119 Å². The van der Waals surface area contributed by atoms with Gasteiger partial charge < -0.3 is 9.52 Å². The van der Waals surface area contributed by atoms with Gasteiger partial charge in [-0.3, -0.25) is 0 Å². The molecule has 0 saturated heterocycles. The van der Waals surface area contributed by atoms with E-state index in [-0.39, 0.29) is 0 Å². The maximum absolute atomic E-state index is 11.5. The van der Waals surface area contributed by atoms with Crippen LogP contribution in [0.25, 0.3) is 54.1 Å². The minimum atomic E-state index is -2.06. The third kappa shape index (κ3) is 6.47. The Balaban J connectivity index is 1.65. The first kappa shape index (κ1) is 39.4. The lowest BCUT2D eigenvalue weighted by Gasteiger charge is -2.38. The molecule has 0 spiro atoms. The fourth-order valence-electron chi connectivity index (χ4n) is 11.1. The summed E-state index contributed by atoms with van der Waals surface area (Å²) in [5, 5.41) is 22.0. The van der Waals surface area contributed by atoms with E-state index in [2.05, 4.69) is 173 Å². The van der Waals surface area contributed by atoms with Gasteiger partial charge in [-0.05, 0) is 144 Å². The zero-order valence-corrected chi connectivity index (χ0v) is 37.5. The fraction of sp³-hybridized carbons (Fsp3) is 0.451. The van der Waals surface area contributed by atoms with Crippen molar-refractivity contribution in [2.24, 2.45) is 0 Å². The summed E-state index contributed by atoms with van der Waals surface area (Å²) < 4.78 is 6.47. The van der Waals surface area contributed by atoms with Gasteiger partial charge in [-0.2, -0.15) is 0 Å². The van der Waals surface area contributed by atoms with Gasteiger partial charge >= 0.3 is 0 Å². The van der Waals surface area contributed by atoms with Crippen LogP contribution in [-0.2, 0) is 5.60 Å². The lowest BCUT2D eigenvalue weighted by Crippen LogP contribution is -2.43. The highest BCUT2D eigenvalue weighted by atomic mass is 28.3. The molecule has 1 saturated carbocycles. The Labute approximate surface area is 332 Å². The molecule has 1 fully saturated rings. The van der Waals surface area contributed by atoms with E-state index in [9.17, 15) is 5.11 Å².